The highest BCUT2D eigenvalue weighted by molar-refractivity contribution is 6.27. The maximum absolute atomic E-state index is 13.0. The van der Waals surface area contributed by atoms with Gasteiger partial charge in [-0.2, -0.15) is 13.2 Å². The highest BCUT2D eigenvalue weighted by Gasteiger charge is 2.45. The number of nitrogens with zero attached hydrogens (tertiary/aromatic N) is 1. The lowest BCUT2D eigenvalue weighted by Crippen LogP contribution is -2.30. The first kappa shape index (κ1) is 19.1. The Balaban J connectivity index is 2.07. The predicted octanol–water partition coefficient (Wildman–Crippen LogP) is 3.09. The molecule has 2 saturated carbocycles. The number of hydrogen-bond donors (Lipinski definition) is 1. The molecule has 0 radical (unpaired) electrons. The molecule has 2 aliphatic carbocycles. The number of terminal acetylenes is 1. The highest BCUT2D eigenvalue weighted by atomic mass is 19.4. The number of aromatic nitrogens is 1. The third-order valence-corrected chi connectivity index (χ3v) is 4.85. The molecule has 2 atom stereocenters. The van der Waals surface area contributed by atoms with Crippen molar-refractivity contribution >= 4 is 17.3 Å². The summed E-state index contributed by atoms with van der Waals surface area (Å²) in [6, 6.07) is 1.67. The number of halogens is 3. The molecule has 1 aromatic heterocycles. The lowest BCUT2D eigenvalue weighted by molar-refractivity contribution is -0.141. The average molecular weight is 379 g/mol. The normalized spacial score (nSPS) is 22.1. The number of hydrogen-bond acceptors (Lipinski definition) is 5. The van der Waals surface area contributed by atoms with Crippen LogP contribution in [0.1, 0.15) is 36.2 Å². The molecule has 0 spiro atoms. The van der Waals surface area contributed by atoms with Crippen molar-refractivity contribution < 1.29 is 32.6 Å². The first-order valence-electron chi connectivity index (χ1n) is 8.34. The maximum Gasteiger partial charge on any atom is 0.433 e. The molecular weight excluding hydrogens is 363 g/mol. The van der Waals surface area contributed by atoms with E-state index in [1.165, 1.54) is 0 Å². The Labute approximate surface area is 153 Å². The van der Waals surface area contributed by atoms with Gasteiger partial charge in [-0.25, -0.2) is 4.98 Å². The molecule has 1 N–H and O–H groups in total. The number of aliphatic hydroxyl groups excluding tert-OH is 1. The lowest BCUT2D eigenvalue weighted by Gasteiger charge is -2.21. The van der Waals surface area contributed by atoms with Crippen LogP contribution in [0.15, 0.2) is 17.7 Å². The molecule has 0 aliphatic heterocycles. The van der Waals surface area contributed by atoms with E-state index in [1.54, 1.807) is 0 Å². The zero-order valence-electron chi connectivity index (χ0n) is 14.2. The van der Waals surface area contributed by atoms with Gasteiger partial charge in [0, 0.05) is 17.4 Å². The van der Waals surface area contributed by atoms with Crippen LogP contribution in [0.25, 0.3) is 5.76 Å². The van der Waals surface area contributed by atoms with Crippen molar-refractivity contribution in [3.8, 4) is 12.3 Å². The minimum Gasteiger partial charge on any atom is -0.506 e. The highest BCUT2D eigenvalue weighted by Crippen LogP contribution is 2.42. The minimum absolute atomic E-state index is 0.141. The number of ether oxygens (including phenoxy) is 1. The summed E-state index contributed by atoms with van der Waals surface area (Å²) >= 11 is 0. The molecule has 8 heteroatoms. The Bertz CT molecular complexity index is 843. The van der Waals surface area contributed by atoms with Crippen molar-refractivity contribution in [1.29, 1.82) is 0 Å². The molecule has 0 saturated heterocycles. The molecule has 2 fully saturated rings. The molecule has 0 amide bonds. The Morgan fingerprint density at radius 3 is 2.44 bits per heavy atom. The molecular formula is C19H16F3NO4. The van der Waals surface area contributed by atoms with Crippen LogP contribution in [0.3, 0.4) is 0 Å². The standard InChI is InChI=1S/C19H16F3NO4/c1-2-7-27-9-13-12(5-6-14(23-13)19(20,21)22)18(26)15-16(24)10-3-4-11(8-10)17(15)25/h1,5-6,10-11,26H,3-4,7-9H2. The van der Waals surface area contributed by atoms with Crippen molar-refractivity contribution in [2.45, 2.75) is 32.0 Å². The second-order valence-corrected chi connectivity index (χ2v) is 6.54. The van der Waals surface area contributed by atoms with Crippen LogP contribution in [-0.4, -0.2) is 28.3 Å². The van der Waals surface area contributed by atoms with Crippen molar-refractivity contribution in [2.24, 2.45) is 11.8 Å². The van der Waals surface area contributed by atoms with Crippen LogP contribution in [0.5, 0.6) is 0 Å². The second-order valence-electron chi connectivity index (χ2n) is 6.54. The van der Waals surface area contributed by atoms with Crippen molar-refractivity contribution in [2.75, 3.05) is 6.61 Å². The number of allylic oxidation sites excluding steroid dienone is 1. The van der Waals surface area contributed by atoms with Gasteiger partial charge in [0.2, 0.25) is 0 Å². The average Bonchev–Trinajstić information content (AvgIpc) is 3.07. The number of fused-ring (bicyclic) bond motifs is 2. The summed E-state index contributed by atoms with van der Waals surface area (Å²) in [5.41, 5.74) is -1.92. The third-order valence-electron chi connectivity index (χ3n) is 4.85. The number of Topliss-reactive ketones (excluding diaryl/α,β-unsaturated/α-hetero) is 2. The van der Waals surface area contributed by atoms with E-state index in [0.717, 1.165) is 6.07 Å². The minimum atomic E-state index is -4.70. The van der Waals surface area contributed by atoms with E-state index >= 15 is 0 Å². The SMILES string of the molecule is C#CCOCc1nc(C(F)(F)F)ccc1C(O)=C1C(=O)C2CCC(C2)C1=O. The molecule has 1 aromatic rings. The van der Waals surface area contributed by atoms with Gasteiger partial charge in [-0.3, -0.25) is 9.59 Å². The monoisotopic (exact) mass is 379 g/mol. The lowest BCUT2D eigenvalue weighted by atomic mass is 9.81. The topological polar surface area (TPSA) is 76.5 Å². The second kappa shape index (κ2) is 7.16. The number of rotatable bonds is 4. The summed E-state index contributed by atoms with van der Waals surface area (Å²) in [5, 5.41) is 10.6. The molecule has 5 nitrogen and oxygen atoms in total. The maximum atomic E-state index is 13.0. The number of alkyl halides is 3. The first-order valence-corrected chi connectivity index (χ1v) is 8.34. The van der Waals surface area contributed by atoms with Gasteiger partial charge in [-0.15, -0.1) is 6.42 Å². The summed E-state index contributed by atoms with van der Waals surface area (Å²) in [6.45, 7) is -0.577. The van der Waals surface area contributed by atoms with Crippen LogP contribution in [0, 0.1) is 24.2 Å². The van der Waals surface area contributed by atoms with Crippen molar-refractivity contribution in [1.82, 2.24) is 4.98 Å². The molecule has 2 unspecified atom stereocenters. The number of carbonyl (C=O) groups excluding carboxylic acids is 2. The van der Waals surface area contributed by atoms with Gasteiger partial charge in [0.1, 0.15) is 23.6 Å². The van der Waals surface area contributed by atoms with E-state index < -0.39 is 35.8 Å². The summed E-state index contributed by atoms with van der Waals surface area (Å²) in [7, 11) is 0. The Kier molecular flexibility index (Phi) is 5.07. The summed E-state index contributed by atoms with van der Waals surface area (Å²) in [5.74, 6) is -0.0972. The van der Waals surface area contributed by atoms with Gasteiger partial charge in [-0.05, 0) is 31.4 Å². The summed E-state index contributed by atoms with van der Waals surface area (Å²) in [4.78, 5) is 28.5. The van der Waals surface area contributed by atoms with Crippen LogP contribution < -0.4 is 0 Å². The number of carbonyl (C=O) groups is 2. The molecule has 2 aliphatic rings. The quantitative estimate of drug-likeness (QED) is 0.286. The van der Waals surface area contributed by atoms with Crippen LogP contribution in [-0.2, 0) is 27.1 Å². The van der Waals surface area contributed by atoms with E-state index in [-0.39, 0.29) is 35.3 Å². The first-order chi connectivity index (χ1) is 12.7. The largest absolute Gasteiger partial charge is 0.506 e. The van der Waals surface area contributed by atoms with Crippen LogP contribution in [0.2, 0.25) is 0 Å². The van der Waals surface area contributed by atoms with Gasteiger partial charge in [0.05, 0.1) is 12.3 Å². The van der Waals surface area contributed by atoms with Gasteiger partial charge in [-0.1, -0.05) is 5.92 Å². The van der Waals surface area contributed by atoms with E-state index in [2.05, 4.69) is 10.9 Å². The Morgan fingerprint density at radius 2 is 1.89 bits per heavy atom. The number of pyridine rings is 1. The van der Waals surface area contributed by atoms with Gasteiger partial charge >= 0.3 is 6.18 Å². The molecule has 142 valence electrons. The molecule has 27 heavy (non-hydrogen) atoms. The number of ketones is 2. The zero-order chi connectivity index (χ0) is 19.8. The van der Waals surface area contributed by atoms with Gasteiger partial charge < -0.3 is 9.84 Å². The van der Waals surface area contributed by atoms with Crippen molar-refractivity contribution in [3.05, 3.63) is 34.7 Å². The molecule has 3 rings (SSSR count). The predicted molar refractivity (Wildman–Crippen MR) is 88.1 cm³/mol. The molecule has 0 aromatic carbocycles. The fourth-order valence-electron chi connectivity index (χ4n) is 3.55. The van der Waals surface area contributed by atoms with Gasteiger partial charge in [0.25, 0.3) is 0 Å². The van der Waals surface area contributed by atoms with Crippen molar-refractivity contribution in [3.63, 3.8) is 0 Å². The van der Waals surface area contributed by atoms with Gasteiger partial charge in [0.15, 0.2) is 11.6 Å². The fourth-order valence-corrected chi connectivity index (χ4v) is 3.55. The summed E-state index contributed by atoms with van der Waals surface area (Å²) < 4.78 is 43.9. The van der Waals surface area contributed by atoms with E-state index in [0.29, 0.717) is 25.3 Å². The fraction of sp³-hybridized carbons (Fsp3) is 0.421. The van der Waals surface area contributed by atoms with E-state index in [9.17, 15) is 27.9 Å². The van der Waals surface area contributed by atoms with Crippen LogP contribution in [0.4, 0.5) is 13.2 Å². The summed E-state index contributed by atoms with van der Waals surface area (Å²) in [6.07, 6.45) is 1.95. The third kappa shape index (κ3) is 3.60. The zero-order valence-corrected chi connectivity index (χ0v) is 14.2. The van der Waals surface area contributed by atoms with E-state index in [4.69, 9.17) is 11.2 Å². The van der Waals surface area contributed by atoms with E-state index in [1.807, 2.05) is 0 Å². The Hall–Kier alpha value is -2.66. The number of aliphatic hydroxyl groups is 1. The molecule has 1 heterocycles. The molecule has 2 bridgehead atoms. The Morgan fingerprint density at radius 1 is 1.26 bits per heavy atom. The smallest absolute Gasteiger partial charge is 0.433 e. The van der Waals surface area contributed by atoms with Crippen LogP contribution >= 0.6 is 0 Å².